The van der Waals surface area contributed by atoms with Gasteiger partial charge in [-0.05, 0) is 18.2 Å². The van der Waals surface area contributed by atoms with E-state index < -0.39 is 5.97 Å². The van der Waals surface area contributed by atoms with E-state index in [0.717, 1.165) is 11.8 Å². The number of hydrogen-bond donors (Lipinski definition) is 0. The molecular weight excluding hydrogens is 264 g/mol. The van der Waals surface area contributed by atoms with Crippen LogP contribution in [0.5, 0.6) is 5.75 Å². The van der Waals surface area contributed by atoms with Crippen LogP contribution >= 0.6 is 11.8 Å². The summed E-state index contributed by atoms with van der Waals surface area (Å²) in [6, 6.07) is 4.98. The van der Waals surface area contributed by atoms with Crippen molar-refractivity contribution >= 4 is 22.8 Å². The highest BCUT2D eigenvalue weighted by Crippen LogP contribution is 2.20. The molecule has 100 valence electrons. The summed E-state index contributed by atoms with van der Waals surface area (Å²) < 4.78 is 9.77. The molecule has 0 radical (unpaired) electrons. The van der Waals surface area contributed by atoms with Gasteiger partial charge in [0.2, 0.25) is 0 Å². The fourth-order valence-electron chi connectivity index (χ4n) is 1.32. The van der Waals surface area contributed by atoms with Gasteiger partial charge in [-0.15, -0.1) is 0 Å². The number of ether oxygens (including phenoxy) is 2. The molecule has 0 unspecified atom stereocenters. The Balaban J connectivity index is 2.88. The van der Waals surface area contributed by atoms with Gasteiger partial charge in [-0.25, -0.2) is 4.79 Å². The molecule has 0 aromatic heterocycles. The normalized spacial score (nSPS) is 9.21. The van der Waals surface area contributed by atoms with Gasteiger partial charge < -0.3 is 9.47 Å². The van der Waals surface area contributed by atoms with E-state index in [1.54, 1.807) is 18.2 Å². The summed E-state index contributed by atoms with van der Waals surface area (Å²) in [5, 5.41) is 0.0351. The van der Waals surface area contributed by atoms with Crippen LogP contribution in [0.4, 0.5) is 0 Å². The van der Waals surface area contributed by atoms with E-state index in [2.05, 4.69) is 16.6 Å². The molecule has 1 aromatic rings. The molecule has 1 rings (SSSR count). The molecule has 0 heterocycles. The molecule has 0 aliphatic heterocycles. The van der Waals surface area contributed by atoms with Gasteiger partial charge in [0.25, 0.3) is 0 Å². The summed E-state index contributed by atoms with van der Waals surface area (Å²) in [6.07, 6.45) is 0. The molecule has 0 bridgehead atoms. The van der Waals surface area contributed by atoms with Gasteiger partial charge in [-0.1, -0.05) is 23.6 Å². The minimum absolute atomic E-state index is 0.0351. The number of carbonyl (C=O) groups excluding carboxylic acids is 2. The molecule has 0 fully saturated rings. The molecule has 1 aromatic carbocycles. The Morgan fingerprint density at radius 2 is 2.05 bits per heavy atom. The first-order valence-corrected chi connectivity index (χ1v) is 6.45. The Labute approximate surface area is 116 Å². The van der Waals surface area contributed by atoms with Crippen LogP contribution < -0.4 is 4.74 Å². The van der Waals surface area contributed by atoms with Gasteiger partial charge in [-0.3, -0.25) is 4.79 Å². The lowest BCUT2D eigenvalue weighted by Crippen LogP contribution is -2.04. The number of esters is 1. The standard InChI is InChI=1S/C14H14O4S/c1-10(15)19-8-4-5-11-6-7-12(14(16)18-3)13(9-11)17-2/h6-7,9H,8H2,1-3H3. The third kappa shape index (κ3) is 4.68. The topological polar surface area (TPSA) is 52.6 Å². The van der Waals surface area contributed by atoms with E-state index >= 15 is 0 Å². The lowest BCUT2D eigenvalue weighted by molar-refractivity contribution is -0.109. The fourth-order valence-corrected chi connectivity index (χ4v) is 1.67. The predicted molar refractivity (Wildman–Crippen MR) is 74.4 cm³/mol. The molecule has 0 aliphatic carbocycles. The number of thioether (sulfide) groups is 1. The summed E-state index contributed by atoms with van der Waals surface area (Å²) in [7, 11) is 2.79. The van der Waals surface area contributed by atoms with Crippen molar-refractivity contribution in [2.75, 3.05) is 20.0 Å². The molecule has 4 nitrogen and oxygen atoms in total. The van der Waals surface area contributed by atoms with Gasteiger partial charge in [-0.2, -0.15) is 0 Å². The number of benzene rings is 1. The van der Waals surface area contributed by atoms with Crippen LogP contribution in [0.2, 0.25) is 0 Å². The second-order valence-corrected chi connectivity index (χ2v) is 4.64. The van der Waals surface area contributed by atoms with Crippen molar-refractivity contribution in [3.05, 3.63) is 29.3 Å². The SMILES string of the molecule is COC(=O)c1ccc(C#CCSC(C)=O)cc1OC. The molecule has 0 atom stereocenters. The van der Waals surface area contributed by atoms with E-state index in [-0.39, 0.29) is 5.12 Å². The molecule has 0 spiro atoms. The predicted octanol–water partition coefficient (Wildman–Crippen LogP) is 2.11. The summed E-state index contributed by atoms with van der Waals surface area (Å²) in [4.78, 5) is 22.2. The second kappa shape index (κ2) is 7.49. The van der Waals surface area contributed by atoms with Crippen molar-refractivity contribution in [2.24, 2.45) is 0 Å². The van der Waals surface area contributed by atoms with E-state index in [9.17, 15) is 9.59 Å². The van der Waals surface area contributed by atoms with Gasteiger partial charge in [0, 0.05) is 12.5 Å². The maximum absolute atomic E-state index is 11.5. The molecule has 0 saturated heterocycles. The summed E-state index contributed by atoms with van der Waals surface area (Å²) in [5.41, 5.74) is 1.07. The lowest BCUT2D eigenvalue weighted by Gasteiger charge is -2.06. The van der Waals surface area contributed by atoms with Crippen molar-refractivity contribution in [3.8, 4) is 17.6 Å². The van der Waals surface area contributed by atoms with Gasteiger partial charge >= 0.3 is 5.97 Å². The van der Waals surface area contributed by atoms with Crippen LogP contribution in [0.1, 0.15) is 22.8 Å². The monoisotopic (exact) mass is 278 g/mol. The minimum atomic E-state index is -0.455. The van der Waals surface area contributed by atoms with Crippen LogP contribution in [-0.4, -0.2) is 31.1 Å². The summed E-state index contributed by atoms with van der Waals surface area (Å²) >= 11 is 1.15. The molecule has 0 N–H and O–H groups in total. The van der Waals surface area contributed by atoms with Crippen molar-refractivity contribution < 1.29 is 19.1 Å². The highest BCUT2D eigenvalue weighted by Gasteiger charge is 2.12. The first-order chi connectivity index (χ1) is 9.08. The molecule has 5 heteroatoms. The Hall–Kier alpha value is -1.93. The fraction of sp³-hybridized carbons (Fsp3) is 0.286. The van der Waals surface area contributed by atoms with Crippen LogP contribution in [0.3, 0.4) is 0 Å². The van der Waals surface area contributed by atoms with Gasteiger partial charge in [0.15, 0.2) is 5.12 Å². The smallest absolute Gasteiger partial charge is 0.341 e. The summed E-state index contributed by atoms with van der Waals surface area (Å²) in [5.74, 6) is 6.17. The zero-order valence-corrected chi connectivity index (χ0v) is 11.8. The first-order valence-electron chi connectivity index (χ1n) is 5.47. The van der Waals surface area contributed by atoms with Crippen LogP contribution in [0, 0.1) is 11.8 Å². The third-order valence-electron chi connectivity index (χ3n) is 2.19. The van der Waals surface area contributed by atoms with Crippen LogP contribution in [-0.2, 0) is 9.53 Å². The van der Waals surface area contributed by atoms with Crippen molar-refractivity contribution in [1.82, 2.24) is 0 Å². The first kappa shape index (κ1) is 15.1. The van der Waals surface area contributed by atoms with Crippen LogP contribution in [0.15, 0.2) is 18.2 Å². The van der Waals surface area contributed by atoms with Gasteiger partial charge in [0.1, 0.15) is 11.3 Å². The molecular formula is C14H14O4S. The average molecular weight is 278 g/mol. The largest absolute Gasteiger partial charge is 0.496 e. The Bertz CT molecular complexity index is 540. The Kier molecular flexibility index (Phi) is 5.97. The molecule has 19 heavy (non-hydrogen) atoms. The highest BCUT2D eigenvalue weighted by atomic mass is 32.2. The number of methoxy groups -OCH3 is 2. The van der Waals surface area contributed by atoms with Crippen molar-refractivity contribution in [1.29, 1.82) is 0 Å². The quantitative estimate of drug-likeness (QED) is 0.626. The number of hydrogen-bond acceptors (Lipinski definition) is 5. The Morgan fingerprint density at radius 1 is 1.32 bits per heavy atom. The molecule has 0 saturated carbocycles. The zero-order valence-electron chi connectivity index (χ0n) is 11.0. The molecule has 0 aliphatic rings. The minimum Gasteiger partial charge on any atom is -0.496 e. The Morgan fingerprint density at radius 3 is 2.63 bits per heavy atom. The van der Waals surface area contributed by atoms with Crippen molar-refractivity contribution in [2.45, 2.75) is 6.92 Å². The summed E-state index contributed by atoms with van der Waals surface area (Å²) in [6.45, 7) is 1.50. The maximum Gasteiger partial charge on any atom is 0.341 e. The van der Waals surface area contributed by atoms with Crippen LogP contribution in [0.25, 0.3) is 0 Å². The maximum atomic E-state index is 11.5. The molecule has 0 amide bonds. The van der Waals surface area contributed by atoms with Crippen molar-refractivity contribution in [3.63, 3.8) is 0 Å². The van der Waals surface area contributed by atoms with E-state index in [4.69, 9.17) is 4.74 Å². The zero-order chi connectivity index (χ0) is 14.3. The van der Waals surface area contributed by atoms with E-state index in [1.165, 1.54) is 21.1 Å². The number of carbonyl (C=O) groups is 2. The highest BCUT2D eigenvalue weighted by molar-refractivity contribution is 8.13. The third-order valence-corrected chi connectivity index (χ3v) is 2.88. The van der Waals surface area contributed by atoms with E-state index in [0.29, 0.717) is 22.6 Å². The van der Waals surface area contributed by atoms with E-state index in [1.807, 2.05) is 0 Å². The number of rotatable bonds is 3. The average Bonchev–Trinajstić information content (AvgIpc) is 2.42. The lowest BCUT2D eigenvalue weighted by atomic mass is 10.1. The van der Waals surface area contributed by atoms with Gasteiger partial charge in [0.05, 0.1) is 20.0 Å². The second-order valence-electron chi connectivity index (χ2n) is 3.49.